The Morgan fingerprint density at radius 3 is 2.50 bits per heavy atom. The molecule has 1 aliphatic rings. The Balaban J connectivity index is 1.13. The third-order valence-electron chi connectivity index (χ3n) is 6.51. The molecular weight excluding hydrogens is 458 g/mol. The Morgan fingerprint density at radius 2 is 1.69 bits per heavy atom. The van der Waals surface area contributed by atoms with Crippen LogP contribution in [-0.2, 0) is 0 Å². The van der Waals surface area contributed by atoms with Crippen molar-refractivity contribution in [3.8, 4) is 5.75 Å². The molecule has 0 radical (unpaired) electrons. The minimum Gasteiger partial charge on any atom is -0.489 e. The van der Waals surface area contributed by atoms with Gasteiger partial charge in [-0.05, 0) is 49.2 Å². The Bertz CT molecular complexity index is 1370. The number of hydrogen-bond donors (Lipinski definition) is 2. The number of nitrogens with zero attached hydrogens (tertiary/aromatic N) is 2. The monoisotopic (exact) mass is 487 g/mol. The maximum absolute atomic E-state index is 12.5. The zero-order chi connectivity index (χ0) is 24.9. The number of amides is 1. The van der Waals surface area contributed by atoms with E-state index in [-0.39, 0.29) is 24.3 Å². The summed E-state index contributed by atoms with van der Waals surface area (Å²) in [5, 5.41) is 13.5. The van der Waals surface area contributed by atoms with Crippen molar-refractivity contribution in [2.24, 2.45) is 0 Å². The zero-order valence-electron chi connectivity index (χ0n) is 19.9. The second-order valence-electron chi connectivity index (χ2n) is 9.02. The number of rotatable bonds is 8. The summed E-state index contributed by atoms with van der Waals surface area (Å²) in [7, 11) is 0. The molecule has 0 saturated carbocycles. The number of likely N-dealkylation sites (tertiary alicyclic amines) is 1. The lowest BCUT2D eigenvalue weighted by Crippen LogP contribution is -2.42. The SMILES string of the molecule is O=C(Nc1ccccc1OCC(O)CN1CCC(n2c(=O)oc3ccccc32)CC1)c1ccccc1. The van der Waals surface area contributed by atoms with Crippen molar-refractivity contribution in [2.45, 2.75) is 25.0 Å². The summed E-state index contributed by atoms with van der Waals surface area (Å²) in [6.45, 7) is 2.09. The molecule has 1 aliphatic heterocycles. The topological polar surface area (TPSA) is 96.9 Å². The van der Waals surface area contributed by atoms with Gasteiger partial charge in [-0.3, -0.25) is 9.36 Å². The van der Waals surface area contributed by atoms with Crippen molar-refractivity contribution in [3.63, 3.8) is 0 Å². The smallest absolute Gasteiger partial charge is 0.420 e. The summed E-state index contributed by atoms with van der Waals surface area (Å²) in [5.74, 6) is -0.0357. The number of para-hydroxylation sites is 4. The highest BCUT2D eigenvalue weighted by atomic mass is 16.5. The van der Waals surface area contributed by atoms with Crippen LogP contribution in [0.25, 0.3) is 11.1 Å². The fraction of sp³-hybridized carbons (Fsp3) is 0.286. The first-order chi connectivity index (χ1) is 17.6. The van der Waals surface area contributed by atoms with Crippen molar-refractivity contribution in [1.29, 1.82) is 0 Å². The van der Waals surface area contributed by atoms with E-state index in [1.54, 1.807) is 28.8 Å². The molecule has 1 aromatic heterocycles. The summed E-state index contributed by atoms with van der Waals surface area (Å²) in [4.78, 5) is 27.1. The van der Waals surface area contributed by atoms with Crippen LogP contribution in [0.15, 0.2) is 88.1 Å². The summed E-state index contributed by atoms with van der Waals surface area (Å²) < 4.78 is 13.0. The zero-order valence-corrected chi connectivity index (χ0v) is 19.9. The van der Waals surface area contributed by atoms with Crippen LogP contribution in [0.3, 0.4) is 0 Å². The fourth-order valence-corrected chi connectivity index (χ4v) is 4.71. The van der Waals surface area contributed by atoms with E-state index in [2.05, 4.69) is 10.2 Å². The molecule has 3 aromatic carbocycles. The van der Waals surface area contributed by atoms with Gasteiger partial charge in [-0.1, -0.05) is 42.5 Å². The van der Waals surface area contributed by atoms with E-state index in [9.17, 15) is 14.7 Å². The summed E-state index contributed by atoms with van der Waals surface area (Å²) in [6, 6.07) is 23.7. The third kappa shape index (κ3) is 5.35. The molecule has 186 valence electrons. The number of anilines is 1. The fourth-order valence-electron chi connectivity index (χ4n) is 4.71. The van der Waals surface area contributed by atoms with Crippen LogP contribution in [0.1, 0.15) is 29.2 Å². The number of carbonyl (C=O) groups excluding carboxylic acids is 1. The van der Waals surface area contributed by atoms with Gasteiger partial charge in [0.15, 0.2) is 5.58 Å². The Labute approximate surface area is 208 Å². The number of hydrogen-bond acceptors (Lipinski definition) is 6. The van der Waals surface area contributed by atoms with E-state index in [1.807, 2.05) is 54.6 Å². The molecule has 0 aliphatic carbocycles. The van der Waals surface area contributed by atoms with Crippen LogP contribution in [0.5, 0.6) is 5.75 Å². The largest absolute Gasteiger partial charge is 0.489 e. The minimum absolute atomic E-state index is 0.0749. The van der Waals surface area contributed by atoms with Crippen LogP contribution in [0, 0.1) is 0 Å². The van der Waals surface area contributed by atoms with E-state index < -0.39 is 6.10 Å². The highest BCUT2D eigenvalue weighted by molar-refractivity contribution is 6.04. The molecule has 8 nitrogen and oxygen atoms in total. The lowest BCUT2D eigenvalue weighted by Gasteiger charge is -2.33. The lowest BCUT2D eigenvalue weighted by molar-refractivity contribution is 0.0559. The van der Waals surface area contributed by atoms with Gasteiger partial charge in [-0.2, -0.15) is 0 Å². The average Bonchev–Trinajstić information content (AvgIpc) is 3.25. The number of ether oxygens (including phenoxy) is 1. The van der Waals surface area contributed by atoms with Crippen LogP contribution < -0.4 is 15.8 Å². The molecule has 2 N–H and O–H groups in total. The van der Waals surface area contributed by atoms with Gasteiger partial charge in [-0.25, -0.2) is 4.79 Å². The van der Waals surface area contributed by atoms with Crippen LogP contribution >= 0.6 is 0 Å². The van der Waals surface area contributed by atoms with Crippen molar-refractivity contribution < 1.29 is 19.1 Å². The second-order valence-corrected chi connectivity index (χ2v) is 9.02. The van der Waals surface area contributed by atoms with Crippen molar-refractivity contribution in [2.75, 3.05) is 31.6 Å². The minimum atomic E-state index is -0.697. The van der Waals surface area contributed by atoms with Gasteiger partial charge in [0.1, 0.15) is 18.5 Å². The predicted octanol–water partition coefficient (Wildman–Crippen LogP) is 3.92. The van der Waals surface area contributed by atoms with Crippen LogP contribution in [0.4, 0.5) is 5.69 Å². The Morgan fingerprint density at radius 1 is 1.00 bits per heavy atom. The van der Waals surface area contributed by atoms with Crippen molar-refractivity contribution in [3.05, 3.63) is 95.0 Å². The van der Waals surface area contributed by atoms with E-state index in [4.69, 9.17) is 9.15 Å². The first-order valence-electron chi connectivity index (χ1n) is 12.2. The highest BCUT2D eigenvalue weighted by Gasteiger charge is 2.25. The number of nitrogens with one attached hydrogen (secondary N) is 1. The molecule has 36 heavy (non-hydrogen) atoms. The molecule has 0 bridgehead atoms. The first-order valence-corrected chi connectivity index (χ1v) is 12.2. The Kier molecular flexibility index (Phi) is 7.16. The number of aliphatic hydroxyl groups is 1. The van der Waals surface area contributed by atoms with Crippen LogP contribution in [0.2, 0.25) is 0 Å². The predicted molar refractivity (Wildman–Crippen MR) is 138 cm³/mol. The normalized spacial score (nSPS) is 15.6. The summed E-state index contributed by atoms with van der Waals surface area (Å²) in [5.41, 5.74) is 2.55. The maximum Gasteiger partial charge on any atom is 0.420 e. The van der Waals surface area contributed by atoms with Crippen molar-refractivity contribution >= 4 is 22.7 Å². The van der Waals surface area contributed by atoms with Gasteiger partial charge >= 0.3 is 5.76 Å². The molecule has 8 heteroatoms. The van der Waals surface area contributed by atoms with Gasteiger partial charge in [0.05, 0.1) is 11.2 Å². The summed E-state index contributed by atoms with van der Waals surface area (Å²) in [6.07, 6.45) is 0.897. The number of carbonyl (C=O) groups is 1. The maximum atomic E-state index is 12.5. The van der Waals surface area contributed by atoms with Crippen LogP contribution in [-0.4, -0.2) is 52.8 Å². The molecule has 1 fully saturated rings. The lowest BCUT2D eigenvalue weighted by atomic mass is 10.0. The number of aliphatic hydroxyl groups excluding tert-OH is 1. The molecule has 1 unspecified atom stereocenters. The van der Waals surface area contributed by atoms with Gasteiger partial charge < -0.3 is 24.5 Å². The molecule has 0 spiro atoms. The first kappa shape index (κ1) is 23.8. The van der Waals surface area contributed by atoms with E-state index in [1.165, 1.54) is 0 Å². The third-order valence-corrected chi connectivity index (χ3v) is 6.51. The van der Waals surface area contributed by atoms with E-state index >= 15 is 0 Å². The van der Waals surface area contributed by atoms with E-state index in [0.29, 0.717) is 29.1 Å². The summed E-state index contributed by atoms with van der Waals surface area (Å²) >= 11 is 0. The second kappa shape index (κ2) is 10.8. The van der Waals surface area contributed by atoms with Gasteiger partial charge in [0, 0.05) is 31.2 Å². The average molecular weight is 488 g/mol. The number of β-amino-alcohol motifs (C(OH)–C–C–N with tert-alkyl or cyclic N) is 1. The van der Waals surface area contributed by atoms with E-state index in [0.717, 1.165) is 31.4 Å². The molecule has 1 saturated heterocycles. The van der Waals surface area contributed by atoms with Crippen molar-refractivity contribution in [1.82, 2.24) is 9.47 Å². The molecule has 4 aromatic rings. The molecule has 2 heterocycles. The highest BCUT2D eigenvalue weighted by Crippen LogP contribution is 2.27. The Hall–Kier alpha value is -3.88. The number of aromatic nitrogens is 1. The molecule has 1 amide bonds. The quantitative estimate of drug-likeness (QED) is 0.391. The molecule has 5 rings (SSSR count). The number of piperidine rings is 1. The van der Waals surface area contributed by atoms with Gasteiger partial charge in [0.25, 0.3) is 5.91 Å². The van der Waals surface area contributed by atoms with Gasteiger partial charge in [0.2, 0.25) is 0 Å². The number of oxazole rings is 1. The number of fused-ring (bicyclic) bond motifs is 1. The standard InChI is InChI=1S/C28H29N3O5/c32-22(19-35-25-12-6-4-10-23(25)29-27(33)20-8-2-1-3-9-20)18-30-16-14-21(15-17-30)31-24-11-5-7-13-26(24)36-28(31)34/h1-13,21-22,32H,14-19H2,(H,29,33). The molecule has 1 atom stereocenters. The molecular formula is C28H29N3O5. The number of benzene rings is 3. The van der Waals surface area contributed by atoms with Gasteiger partial charge in [-0.15, -0.1) is 0 Å².